The van der Waals surface area contributed by atoms with Gasteiger partial charge in [-0.1, -0.05) is 0 Å². The van der Waals surface area contributed by atoms with Crippen molar-refractivity contribution >= 4 is 16.9 Å². The number of rotatable bonds is 3. The van der Waals surface area contributed by atoms with E-state index in [4.69, 9.17) is 9.52 Å². The smallest absolute Gasteiger partial charge is 0.309 e. The molecule has 1 aromatic heterocycles. The topological polar surface area (TPSA) is 50.4 Å². The molecule has 2 aromatic rings. The van der Waals surface area contributed by atoms with Crippen molar-refractivity contribution in [3.05, 3.63) is 35.8 Å². The molecule has 0 saturated carbocycles. The van der Waals surface area contributed by atoms with Crippen LogP contribution in [0.4, 0.5) is 4.39 Å². The van der Waals surface area contributed by atoms with Gasteiger partial charge in [0.2, 0.25) is 0 Å². The van der Waals surface area contributed by atoms with E-state index in [9.17, 15) is 9.18 Å². The number of carboxylic acids is 1. The second-order valence-electron chi connectivity index (χ2n) is 4.77. The number of carbonyl (C=O) groups is 1. The van der Waals surface area contributed by atoms with Crippen molar-refractivity contribution in [2.45, 2.75) is 20.3 Å². The number of carboxylic acid groups (broad SMARTS) is 1. The predicted molar refractivity (Wildman–Crippen MR) is 61.3 cm³/mol. The maximum absolute atomic E-state index is 13.4. The van der Waals surface area contributed by atoms with Gasteiger partial charge in [-0.05, 0) is 44.0 Å². The molecule has 0 unspecified atom stereocenters. The number of aliphatic carboxylic acids is 1. The molecule has 0 fully saturated rings. The molecule has 1 N–H and O–H groups in total. The fourth-order valence-electron chi connectivity index (χ4n) is 1.80. The van der Waals surface area contributed by atoms with Crippen molar-refractivity contribution in [1.82, 2.24) is 0 Å². The van der Waals surface area contributed by atoms with Crippen LogP contribution in [0.3, 0.4) is 0 Å². The summed E-state index contributed by atoms with van der Waals surface area (Å²) in [4.78, 5) is 11.1. The molecule has 0 atom stereocenters. The molecule has 17 heavy (non-hydrogen) atoms. The molecule has 1 heterocycles. The molecule has 0 amide bonds. The Balaban J connectivity index is 2.48. The van der Waals surface area contributed by atoms with Gasteiger partial charge in [-0.25, -0.2) is 4.39 Å². The van der Waals surface area contributed by atoms with Crippen molar-refractivity contribution in [3.8, 4) is 0 Å². The van der Waals surface area contributed by atoms with Crippen LogP contribution >= 0.6 is 0 Å². The van der Waals surface area contributed by atoms with Crippen LogP contribution in [0.15, 0.2) is 28.9 Å². The number of fused-ring (bicyclic) bond motifs is 1. The van der Waals surface area contributed by atoms with E-state index in [0.29, 0.717) is 16.5 Å². The lowest BCUT2D eigenvalue weighted by molar-refractivity contribution is -0.146. The number of hydrogen-bond acceptors (Lipinski definition) is 2. The van der Waals surface area contributed by atoms with E-state index in [-0.39, 0.29) is 12.2 Å². The number of hydrogen-bond donors (Lipinski definition) is 1. The monoisotopic (exact) mass is 236 g/mol. The largest absolute Gasteiger partial charge is 0.481 e. The first-order valence-corrected chi connectivity index (χ1v) is 5.29. The third-order valence-electron chi connectivity index (χ3n) is 2.80. The number of halogens is 1. The molecule has 0 aliphatic rings. The fourth-order valence-corrected chi connectivity index (χ4v) is 1.80. The number of furan rings is 1. The first kappa shape index (κ1) is 11.6. The number of benzene rings is 1. The van der Waals surface area contributed by atoms with Gasteiger partial charge in [0, 0.05) is 5.39 Å². The lowest BCUT2D eigenvalue weighted by atomic mass is 9.85. The summed E-state index contributed by atoms with van der Waals surface area (Å²) in [6, 6.07) is 4.36. The summed E-state index contributed by atoms with van der Waals surface area (Å²) in [5.74, 6) is -1.29. The zero-order valence-corrected chi connectivity index (χ0v) is 9.66. The van der Waals surface area contributed by atoms with Crippen molar-refractivity contribution in [3.63, 3.8) is 0 Å². The van der Waals surface area contributed by atoms with Crippen molar-refractivity contribution in [1.29, 1.82) is 0 Å². The minimum atomic E-state index is -0.951. The molecular formula is C13H13FO3. The van der Waals surface area contributed by atoms with Gasteiger partial charge in [0.1, 0.15) is 11.4 Å². The maximum atomic E-state index is 13.4. The summed E-state index contributed by atoms with van der Waals surface area (Å²) in [6.07, 6.45) is 1.70. The summed E-state index contributed by atoms with van der Waals surface area (Å²) in [5, 5.41) is 9.72. The molecule has 0 aliphatic carbocycles. The highest BCUT2D eigenvalue weighted by Gasteiger charge is 2.28. The van der Waals surface area contributed by atoms with Gasteiger partial charge >= 0.3 is 5.97 Å². The molecule has 0 aliphatic heterocycles. The van der Waals surface area contributed by atoms with E-state index in [2.05, 4.69) is 0 Å². The molecule has 90 valence electrons. The molecule has 1 aromatic carbocycles. The first-order valence-electron chi connectivity index (χ1n) is 5.29. The predicted octanol–water partition coefficient (Wildman–Crippen LogP) is 3.23. The zero-order chi connectivity index (χ0) is 12.6. The van der Waals surface area contributed by atoms with Crippen LogP contribution in [0.1, 0.15) is 19.4 Å². The Morgan fingerprint density at radius 2 is 2.18 bits per heavy atom. The van der Waals surface area contributed by atoms with Gasteiger partial charge in [-0.3, -0.25) is 4.79 Å². The van der Waals surface area contributed by atoms with Crippen LogP contribution in [0, 0.1) is 11.2 Å². The third kappa shape index (κ3) is 2.16. The SMILES string of the molecule is CC(C)(Cc1cc(F)cc2ccoc12)C(=O)O. The van der Waals surface area contributed by atoms with Gasteiger partial charge < -0.3 is 9.52 Å². The van der Waals surface area contributed by atoms with Gasteiger partial charge in [0.05, 0.1) is 11.7 Å². The van der Waals surface area contributed by atoms with Gasteiger partial charge in [-0.15, -0.1) is 0 Å². The van der Waals surface area contributed by atoms with E-state index in [0.717, 1.165) is 0 Å². The maximum Gasteiger partial charge on any atom is 0.309 e. The van der Waals surface area contributed by atoms with Crippen molar-refractivity contribution < 1.29 is 18.7 Å². The van der Waals surface area contributed by atoms with Crippen LogP contribution in [0.2, 0.25) is 0 Å². The second kappa shape index (κ2) is 3.87. The molecule has 4 heteroatoms. The summed E-state index contributed by atoms with van der Waals surface area (Å²) < 4.78 is 18.6. The Hall–Kier alpha value is -1.84. The van der Waals surface area contributed by atoms with E-state index in [1.54, 1.807) is 19.9 Å². The minimum Gasteiger partial charge on any atom is -0.481 e. The Morgan fingerprint density at radius 1 is 1.47 bits per heavy atom. The van der Waals surface area contributed by atoms with E-state index >= 15 is 0 Å². The van der Waals surface area contributed by atoms with Crippen molar-refractivity contribution in [2.24, 2.45) is 5.41 Å². The molecular weight excluding hydrogens is 223 g/mol. The average Bonchev–Trinajstić information content (AvgIpc) is 2.64. The Morgan fingerprint density at radius 3 is 2.82 bits per heavy atom. The molecule has 0 radical (unpaired) electrons. The Kier molecular flexibility index (Phi) is 2.65. The lowest BCUT2D eigenvalue weighted by Crippen LogP contribution is -2.26. The van der Waals surface area contributed by atoms with Gasteiger partial charge in [0.15, 0.2) is 0 Å². The van der Waals surface area contributed by atoms with Gasteiger partial charge in [0.25, 0.3) is 0 Å². The molecule has 2 rings (SSSR count). The van der Waals surface area contributed by atoms with Crippen LogP contribution in [-0.4, -0.2) is 11.1 Å². The summed E-state index contributed by atoms with van der Waals surface area (Å²) in [7, 11) is 0. The van der Waals surface area contributed by atoms with E-state index in [1.165, 1.54) is 18.4 Å². The Labute approximate surface area is 97.9 Å². The average molecular weight is 236 g/mol. The first-order chi connectivity index (χ1) is 7.90. The Bertz CT molecular complexity index is 569. The molecule has 0 spiro atoms. The summed E-state index contributed by atoms with van der Waals surface area (Å²) >= 11 is 0. The minimum absolute atomic E-state index is 0.226. The lowest BCUT2D eigenvalue weighted by Gasteiger charge is -2.19. The summed E-state index contributed by atoms with van der Waals surface area (Å²) in [5.41, 5.74) is 0.186. The third-order valence-corrected chi connectivity index (χ3v) is 2.80. The quantitative estimate of drug-likeness (QED) is 0.890. The second-order valence-corrected chi connectivity index (χ2v) is 4.77. The highest BCUT2D eigenvalue weighted by atomic mass is 19.1. The zero-order valence-electron chi connectivity index (χ0n) is 9.66. The molecule has 0 bridgehead atoms. The molecule has 3 nitrogen and oxygen atoms in total. The normalized spacial score (nSPS) is 11.9. The van der Waals surface area contributed by atoms with Gasteiger partial charge in [-0.2, -0.15) is 0 Å². The highest BCUT2D eigenvalue weighted by molar-refractivity contribution is 5.82. The van der Waals surface area contributed by atoms with E-state index < -0.39 is 11.4 Å². The van der Waals surface area contributed by atoms with Crippen molar-refractivity contribution in [2.75, 3.05) is 0 Å². The standard InChI is InChI=1S/C13H13FO3/c1-13(2,12(15)16)7-9-6-10(14)5-8-3-4-17-11(8)9/h3-6H,7H2,1-2H3,(H,15,16). The highest BCUT2D eigenvalue weighted by Crippen LogP contribution is 2.28. The van der Waals surface area contributed by atoms with Crippen LogP contribution in [0.25, 0.3) is 11.0 Å². The molecule has 0 saturated heterocycles. The van der Waals surface area contributed by atoms with E-state index in [1.807, 2.05) is 0 Å². The summed E-state index contributed by atoms with van der Waals surface area (Å²) in [6.45, 7) is 3.21. The van der Waals surface area contributed by atoms with Crippen LogP contribution < -0.4 is 0 Å². The fraction of sp³-hybridized carbons (Fsp3) is 0.308. The van der Waals surface area contributed by atoms with Crippen LogP contribution in [0.5, 0.6) is 0 Å². The van der Waals surface area contributed by atoms with Crippen LogP contribution in [-0.2, 0) is 11.2 Å².